The van der Waals surface area contributed by atoms with E-state index in [9.17, 15) is 0 Å². The van der Waals surface area contributed by atoms with Crippen LogP contribution in [-0.2, 0) is 11.3 Å². The molecule has 2 aliphatic rings. The highest BCUT2D eigenvalue weighted by Gasteiger charge is 2.29. The van der Waals surface area contributed by atoms with Gasteiger partial charge >= 0.3 is 0 Å². The summed E-state index contributed by atoms with van der Waals surface area (Å²) < 4.78 is 8.06. The van der Waals surface area contributed by atoms with Crippen molar-refractivity contribution < 1.29 is 4.74 Å². The molecule has 1 atom stereocenters. The Morgan fingerprint density at radius 1 is 1.12 bits per heavy atom. The lowest BCUT2D eigenvalue weighted by atomic mass is 9.99. The summed E-state index contributed by atoms with van der Waals surface area (Å²) in [5.41, 5.74) is 2.72. The van der Waals surface area contributed by atoms with Gasteiger partial charge in [0.05, 0.1) is 0 Å². The second-order valence-corrected chi connectivity index (χ2v) is 7.18. The van der Waals surface area contributed by atoms with Crippen LogP contribution in [-0.4, -0.2) is 40.8 Å². The summed E-state index contributed by atoms with van der Waals surface area (Å²) in [6.07, 6.45) is 5.50. The fourth-order valence-electron chi connectivity index (χ4n) is 4.21. The molecule has 0 saturated carbocycles. The SMILES string of the molecule is Cc1cnc(C2CCOCC2)n1C1CCN(Cc2ccccc2)C1. The summed E-state index contributed by atoms with van der Waals surface area (Å²) in [4.78, 5) is 7.36. The molecule has 1 unspecified atom stereocenters. The molecule has 3 heterocycles. The zero-order chi connectivity index (χ0) is 16.4. The smallest absolute Gasteiger partial charge is 0.112 e. The summed E-state index contributed by atoms with van der Waals surface area (Å²) in [6.45, 7) is 7.31. The molecule has 0 spiro atoms. The number of aromatic nitrogens is 2. The molecule has 128 valence electrons. The normalized spacial score (nSPS) is 23.0. The molecule has 1 aromatic carbocycles. The standard InChI is InChI=1S/C20H27N3O/c1-16-13-21-20(18-8-11-24-12-9-18)23(16)19-7-10-22(15-19)14-17-5-3-2-4-6-17/h2-6,13,18-19H,7-12,14-15H2,1H3. The molecule has 24 heavy (non-hydrogen) atoms. The number of hydrogen-bond donors (Lipinski definition) is 0. The van der Waals surface area contributed by atoms with Crippen molar-refractivity contribution in [1.82, 2.24) is 14.5 Å². The first-order valence-corrected chi connectivity index (χ1v) is 9.19. The van der Waals surface area contributed by atoms with Gasteiger partial charge in [-0.2, -0.15) is 0 Å². The molecule has 0 aliphatic carbocycles. The molecule has 2 fully saturated rings. The number of ether oxygens (including phenoxy) is 1. The lowest BCUT2D eigenvalue weighted by Crippen LogP contribution is -2.24. The highest BCUT2D eigenvalue weighted by atomic mass is 16.5. The maximum atomic E-state index is 5.53. The Labute approximate surface area is 144 Å². The number of aryl methyl sites for hydroxylation is 1. The van der Waals surface area contributed by atoms with E-state index in [2.05, 4.69) is 52.9 Å². The number of hydrogen-bond acceptors (Lipinski definition) is 3. The number of imidazole rings is 1. The molecule has 2 aromatic rings. The van der Waals surface area contributed by atoms with Gasteiger partial charge in [0.25, 0.3) is 0 Å². The zero-order valence-corrected chi connectivity index (χ0v) is 14.5. The second kappa shape index (κ2) is 7.08. The molecule has 4 rings (SSSR count). The molecule has 4 nitrogen and oxygen atoms in total. The molecule has 4 heteroatoms. The summed E-state index contributed by atoms with van der Waals surface area (Å²) in [5, 5.41) is 0. The van der Waals surface area contributed by atoms with Crippen LogP contribution < -0.4 is 0 Å². The molecular weight excluding hydrogens is 298 g/mol. The summed E-state index contributed by atoms with van der Waals surface area (Å²) >= 11 is 0. The van der Waals surface area contributed by atoms with E-state index in [-0.39, 0.29) is 0 Å². The van der Waals surface area contributed by atoms with Gasteiger partial charge in [0, 0.05) is 56.7 Å². The molecule has 2 aliphatic heterocycles. The number of likely N-dealkylation sites (tertiary alicyclic amines) is 1. The Hall–Kier alpha value is -1.65. The van der Waals surface area contributed by atoms with Crippen molar-refractivity contribution in [3.63, 3.8) is 0 Å². The summed E-state index contributed by atoms with van der Waals surface area (Å²) in [6, 6.07) is 11.4. The minimum atomic E-state index is 0.564. The van der Waals surface area contributed by atoms with E-state index < -0.39 is 0 Å². The third-order valence-corrected chi connectivity index (χ3v) is 5.46. The highest BCUT2D eigenvalue weighted by molar-refractivity contribution is 5.15. The molecule has 0 radical (unpaired) electrons. The lowest BCUT2D eigenvalue weighted by Gasteiger charge is -2.26. The Morgan fingerprint density at radius 2 is 1.92 bits per heavy atom. The monoisotopic (exact) mass is 325 g/mol. The average molecular weight is 325 g/mol. The Morgan fingerprint density at radius 3 is 2.71 bits per heavy atom. The molecular formula is C20H27N3O. The van der Waals surface area contributed by atoms with Crippen LogP contribution in [0.25, 0.3) is 0 Å². The fraction of sp³-hybridized carbons (Fsp3) is 0.550. The van der Waals surface area contributed by atoms with E-state index in [1.165, 1.54) is 30.0 Å². The van der Waals surface area contributed by atoms with E-state index in [1.54, 1.807) is 0 Å². The van der Waals surface area contributed by atoms with Crippen molar-refractivity contribution in [3.8, 4) is 0 Å². The van der Waals surface area contributed by atoms with E-state index in [1.807, 2.05) is 0 Å². The largest absolute Gasteiger partial charge is 0.381 e. The Bertz CT molecular complexity index is 661. The molecule has 0 bridgehead atoms. The van der Waals surface area contributed by atoms with Crippen LogP contribution in [0, 0.1) is 6.92 Å². The van der Waals surface area contributed by atoms with Gasteiger partial charge in [0.15, 0.2) is 0 Å². The predicted molar refractivity (Wildman–Crippen MR) is 95.1 cm³/mol. The van der Waals surface area contributed by atoms with Crippen LogP contribution in [0.4, 0.5) is 0 Å². The topological polar surface area (TPSA) is 30.3 Å². The molecule has 0 amide bonds. The van der Waals surface area contributed by atoms with Crippen LogP contribution >= 0.6 is 0 Å². The third kappa shape index (κ3) is 3.26. The van der Waals surface area contributed by atoms with Crippen molar-refractivity contribution in [2.24, 2.45) is 0 Å². The summed E-state index contributed by atoms with van der Waals surface area (Å²) in [7, 11) is 0. The summed E-state index contributed by atoms with van der Waals surface area (Å²) in [5.74, 6) is 1.86. The molecule has 2 saturated heterocycles. The Balaban J connectivity index is 1.47. The van der Waals surface area contributed by atoms with Gasteiger partial charge in [-0.05, 0) is 31.7 Å². The van der Waals surface area contributed by atoms with Crippen molar-refractivity contribution in [2.75, 3.05) is 26.3 Å². The van der Waals surface area contributed by atoms with Gasteiger partial charge in [-0.15, -0.1) is 0 Å². The average Bonchev–Trinajstić information content (AvgIpc) is 3.23. The second-order valence-electron chi connectivity index (χ2n) is 7.18. The predicted octanol–water partition coefficient (Wildman–Crippen LogP) is 3.53. The first kappa shape index (κ1) is 15.9. The maximum Gasteiger partial charge on any atom is 0.112 e. The van der Waals surface area contributed by atoms with Gasteiger partial charge in [0.1, 0.15) is 5.82 Å². The van der Waals surface area contributed by atoms with Crippen LogP contribution in [0.15, 0.2) is 36.5 Å². The highest BCUT2D eigenvalue weighted by Crippen LogP contribution is 2.32. The van der Waals surface area contributed by atoms with Crippen LogP contribution in [0.1, 0.15) is 48.3 Å². The van der Waals surface area contributed by atoms with Gasteiger partial charge in [0.2, 0.25) is 0 Å². The van der Waals surface area contributed by atoms with Crippen molar-refractivity contribution in [3.05, 3.63) is 53.6 Å². The van der Waals surface area contributed by atoms with Crippen LogP contribution in [0.3, 0.4) is 0 Å². The quantitative estimate of drug-likeness (QED) is 0.861. The number of rotatable bonds is 4. The first-order valence-electron chi connectivity index (χ1n) is 9.19. The van der Waals surface area contributed by atoms with Crippen molar-refractivity contribution >= 4 is 0 Å². The van der Waals surface area contributed by atoms with Crippen LogP contribution in [0.5, 0.6) is 0 Å². The first-order chi connectivity index (χ1) is 11.8. The lowest BCUT2D eigenvalue weighted by molar-refractivity contribution is 0.0824. The zero-order valence-electron chi connectivity index (χ0n) is 14.5. The van der Waals surface area contributed by atoms with Gasteiger partial charge in [-0.25, -0.2) is 4.98 Å². The molecule has 1 aromatic heterocycles. The Kier molecular flexibility index (Phi) is 4.67. The minimum Gasteiger partial charge on any atom is -0.381 e. The number of benzene rings is 1. The van der Waals surface area contributed by atoms with Gasteiger partial charge in [-0.1, -0.05) is 30.3 Å². The van der Waals surface area contributed by atoms with Crippen molar-refractivity contribution in [2.45, 2.75) is 44.7 Å². The van der Waals surface area contributed by atoms with E-state index in [0.717, 1.165) is 39.1 Å². The fourth-order valence-corrected chi connectivity index (χ4v) is 4.21. The number of nitrogens with zero attached hydrogens (tertiary/aromatic N) is 3. The van der Waals surface area contributed by atoms with Gasteiger partial charge in [-0.3, -0.25) is 4.90 Å². The third-order valence-electron chi connectivity index (χ3n) is 5.46. The van der Waals surface area contributed by atoms with E-state index in [4.69, 9.17) is 9.72 Å². The van der Waals surface area contributed by atoms with E-state index in [0.29, 0.717) is 12.0 Å². The van der Waals surface area contributed by atoms with E-state index >= 15 is 0 Å². The molecule has 0 N–H and O–H groups in total. The van der Waals surface area contributed by atoms with Crippen LogP contribution in [0.2, 0.25) is 0 Å². The van der Waals surface area contributed by atoms with Gasteiger partial charge < -0.3 is 9.30 Å². The maximum absolute atomic E-state index is 5.53. The van der Waals surface area contributed by atoms with Crippen molar-refractivity contribution in [1.29, 1.82) is 0 Å². The minimum absolute atomic E-state index is 0.564.